The predicted molar refractivity (Wildman–Crippen MR) is 82.6 cm³/mol. The molecule has 22 heavy (non-hydrogen) atoms. The zero-order chi connectivity index (χ0) is 16.2. The smallest absolute Gasteiger partial charge is 0.235 e. The van der Waals surface area contributed by atoms with Gasteiger partial charge in [-0.05, 0) is 36.8 Å². The number of carbonyl (C=O) groups excluding carboxylic acids is 2. The highest BCUT2D eigenvalue weighted by atomic mass is 19.1. The third-order valence-corrected chi connectivity index (χ3v) is 3.93. The first-order valence-electron chi connectivity index (χ1n) is 7.76. The van der Waals surface area contributed by atoms with Gasteiger partial charge in [0.15, 0.2) is 0 Å². The first-order chi connectivity index (χ1) is 10.5. The number of carbonyl (C=O) groups is 2. The third kappa shape index (κ3) is 3.84. The van der Waals surface area contributed by atoms with Gasteiger partial charge < -0.3 is 10.6 Å². The minimum atomic E-state index is -0.899. The molecule has 1 aliphatic rings. The summed E-state index contributed by atoms with van der Waals surface area (Å²) in [5.74, 6) is -0.355. The van der Waals surface area contributed by atoms with E-state index in [9.17, 15) is 14.0 Å². The van der Waals surface area contributed by atoms with Crippen molar-refractivity contribution in [1.82, 2.24) is 10.6 Å². The number of hydrogen-bond acceptors (Lipinski definition) is 2. The maximum Gasteiger partial charge on any atom is 0.235 e. The van der Waals surface area contributed by atoms with Gasteiger partial charge in [0.05, 0.1) is 0 Å². The fraction of sp³-hybridized carbons (Fsp3) is 0.529. The van der Waals surface area contributed by atoms with Gasteiger partial charge in [-0.25, -0.2) is 4.39 Å². The van der Waals surface area contributed by atoms with Crippen molar-refractivity contribution in [2.24, 2.45) is 11.3 Å². The Morgan fingerprint density at radius 3 is 2.41 bits per heavy atom. The van der Waals surface area contributed by atoms with E-state index in [1.807, 2.05) is 13.8 Å². The molecule has 4 nitrogen and oxygen atoms in total. The molecule has 1 aromatic rings. The Balaban J connectivity index is 1.82. The van der Waals surface area contributed by atoms with E-state index < -0.39 is 5.41 Å². The van der Waals surface area contributed by atoms with Gasteiger partial charge in [-0.2, -0.15) is 0 Å². The second-order valence-corrected chi connectivity index (χ2v) is 6.28. The first kappa shape index (κ1) is 16.5. The van der Waals surface area contributed by atoms with Gasteiger partial charge in [-0.3, -0.25) is 9.59 Å². The second kappa shape index (κ2) is 6.90. The zero-order valence-electron chi connectivity index (χ0n) is 13.1. The average Bonchev–Trinajstić information content (AvgIpc) is 3.28. The van der Waals surface area contributed by atoms with Crippen molar-refractivity contribution in [2.45, 2.75) is 33.1 Å². The van der Waals surface area contributed by atoms with E-state index in [0.29, 0.717) is 43.8 Å². The molecular weight excluding hydrogens is 283 g/mol. The summed E-state index contributed by atoms with van der Waals surface area (Å²) in [6, 6.07) is 6.50. The largest absolute Gasteiger partial charge is 0.355 e. The lowest BCUT2D eigenvalue weighted by molar-refractivity contribution is -0.137. The van der Waals surface area contributed by atoms with Crippen molar-refractivity contribution in [2.75, 3.05) is 13.1 Å². The van der Waals surface area contributed by atoms with E-state index in [1.54, 1.807) is 18.2 Å². The molecule has 1 saturated carbocycles. The van der Waals surface area contributed by atoms with E-state index >= 15 is 0 Å². The van der Waals surface area contributed by atoms with Crippen LogP contribution in [-0.2, 0) is 16.0 Å². The number of rotatable bonds is 7. The Hall–Kier alpha value is -1.91. The molecule has 0 bridgehead atoms. The summed E-state index contributed by atoms with van der Waals surface area (Å²) < 4.78 is 13.5. The molecule has 120 valence electrons. The predicted octanol–water partition coefficient (Wildman–Crippen LogP) is 2.04. The first-order valence-corrected chi connectivity index (χ1v) is 7.76. The number of hydrogen-bond donors (Lipinski definition) is 2. The van der Waals surface area contributed by atoms with E-state index in [1.165, 1.54) is 6.07 Å². The highest BCUT2D eigenvalue weighted by molar-refractivity contribution is 6.07. The van der Waals surface area contributed by atoms with Crippen molar-refractivity contribution in [3.8, 4) is 0 Å². The molecule has 0 saturated heterocycles. The lowest BCUT2D eigenvalue weighted by Gasteiger charge is -2.16. The van der Waals surface area contributed by atoms with Crippen molar-refractivity contribution in [3.05, 3.63) is 35.6 Å². The molecule has 2 N–H and O–H groups in total. The van der Waals surface area contributed by atoms with Crippen LogP contribution >= 0.6 is 0 Å². The van der Waals surface area contributed by atoms with Gasteiger partial charge in [-0.1, -0.05) is 32.0 Å². The monoisotopic (exact) mass is 306 g/mol. The highest BCUT2D eigenvalue weighted by Gasteiger charge is 2.56. The van der Waals surface area contributed by atoms with Crippen LogP contribution in [0.3, 0.4) is 0 Å². The van der Waals surface area contributed by atoms with Crippen LogP contribution in [0.1, 0.15) is 32.3 Å². The molecule has 1 aromatic carbocycles. The molecule has 2 rings (SSSR count). The summed E-state index contributed by atoms with van der Waals surface area (Å²) in [6.45, 7) is 4.92. The average molecular weight is 306 g/mol. The molecule has 2 amide bonds. The van der Waals surface area contributed by atoms with Crippen LogP contribution in [0.4, 0.5) is 4.39 Å². The summed E-state index contributed by atoms with van der Waals surface area (Å²) in [7, 11) is 0. The molecule has 1 aliphatic carbocycles. The van der Waals surface area contributed by atoms with Gasteiger partial charge in [0.1, 0.15) is 11.2 Å². The fourth-order valence-electron chi connectivity index (χ4n) is 2.33. The minimum absolute atomic E-state index is 0.190. The van der Waals surface area contributed by atoms with E-state index in [0.717, 1.165) is 0 Å². The summed E-state index contributed by atoms with van der Waals surface area (Å²) in [5, 5.41) is 5.59. The minimum Gasteiger partial charge on any atom is -0.355 e. The lowest BCUT2D eigenvalue weighted by atomic mass is 10.0. The Labute approximate surface area is 130 Å². The van der Waals surface area contributed by atoms with Gasteiger partial charge in [0.25, 0.3) is 0 Å². The van der Waals surface area contributed by atoms with Gasteiger partial charge >= 0.3 is 0 Å². The topological polar surface area (TPSA) is 58.2 Å². The molecule has 1 fully saturated rings. The summed E-state index contributed by atoms with van der Waals surface area (Å²) in [4.78, 5) is 24.4. The molecule has 0 unspecified atom stereocenters. The number of nitrogens with one attached hydrogen (secondary N) is 2. The van der Waals surface area contributed by atoms with Gasteiger partial charge in [-0.15, -0.1) is 0 Å². The molecule has 0 heterocycles. The Kier molecular flexibility index (Phi) is 5.16. The summed E-state index contributed by atoms with van der Waals surface area (Å²) in [5.41, 5.74) is -0.332. The standard InChI is InChI=1S/C17H23FN2O2/c1-12(2)11-20-16(22)17(8-9-17)15(21)19-10-7-13-5-3-4-6-14(13)18/h3-6,12H,7-11H2,1-2H3,(H,19,21)(H,20,22). The molecule has 0 radical (unpaired) electrons. The van der Waals surface area contributed by atoms with Crippen molar-refractivity contribution in [1.29, 1.82) is 0 Å². The van der Waals surface area contributed by atoms with Crippen LogP contribution in [-0.4, -0.2) is 24.9 Å². The summed E-state index contributed by atoms with van der Waals surface area (Å²) >= 11 is 0. The van der Waals surface area contributed by atoms with E-state index in [4.69, 9.17) is 0 Å². The highest BCUT2D eigenvalue weighted by Crippen LogP contribution is 2.46. The maximum atomic E-state index is 13.5. The van der Waals surface area contributed by atoms with Crippen LogP contribution in [0.15, 0.2) is 24.3 Å². The van der Waals surface area contributed by atoms with Crippen molar-refractivity contribution >= 4 is 11.8 Å². The maximum absolute atomic E-state index is 13.5. The Morgan fingerprint density at radius 2 is 1.82 bits per heavy atom. The third-order valence-electron chi connectivity index (χ3n) is 3.93. The van der Waals surface area contributed by atoms with E-state index in [-0.39, 0.29) is 17.6 Å². The van der Waals surface area contributed by atoms with E-state index in [2.05, 4.69) is 10.6 Å². The van der Waals surface area contributed by atoms with Crippen LogP contribution in [0.2, 0.25) is 0 Å². The van der Waals surface area contributed by atoms with Crippen LogP contribution in [0, 0.1) is 17.2 Å². The number of benzene rings is 1. The molecule has 0 aliphatic heterocycles. The lowest BCUT2D eigenvalue weighted by Crippen LogP contribution is -2.44. The van der Waals surface area contributed by atoms with Crippen LogP contribution in [0.25, 0.3) is 0 Å². The molecule has 5 heteroatoms. The fourth-order valence-corrected chi connectivity index (χ4v) is 2.33. The van der Waals surface area contributed by atoms with Crippen LogP contribution in [0.5, 0.6) is 0 Å². The molecule has 0 spiro atoms. The quantitative estimate of drug-likeness (QED) is 0.757. The SMILES string of the molecule is CC(C)CNC(=O)C1(C(=O)NCCc2ccccc2F)CC1. The molecule has 0 atom stereocenters. The Bertz CT molecular complexity index is 553. The second-order valence-electron chi connectivity index (χ2n) is 6.28. The van der Waals surface area contributed by atoms with Gasteiger partial charge in [0.2, 0.25) is 11.8 Å². The Morgan fingerprint density at radius 1 is 1.18 bits per heavy atom. The van der Waals surface area contributed by atoms with Gasteiger partial charge in [0, 0.05) is 13.1 Å². The summed E-state index contributed by atoms with van der Waals surface area (Å²) in [6.07, 6.45) is 1.59. The number of amides is 2. The number of halogens is 1. The van der Waals surface area contributed by atoms with Crippen molar-refractivity contribution in [3.63, 3.8) is 0 Å². The zero-order valence-corrected chi connectivity index (χ0v) is 13.1. The normalized spacial score (nSPS) is 15.5. The molecular formula is C17H23FN2O2. The van der Waals surface area contributed by atoms with Crippen molar-refractivity contribution < 1.29 is 14.0 Å². The molecule has 0 aromatic heterocycles. The van der Waals surface area contributed by atoms with Crippen LogP contribution < -0.4 is 10.6 Å².